The van der Waals surface area contributed by atoms with E-state index in [2.05, 4.69) is 20.1 Å². The number of nitrogens with one attached hydrogen (secondary N) is 1. The van der Waals surface area contributed by atoms with Crippen LogP contribution in [0.25, 0.3) is 0 Å². The summed E-state index contributed by atoms with van der Waals surface area (Å²) in [5.41, 5.74) is 0. The highest BCUT2D eigenvalue weighted by Gasteiger charge is 2.21. The number of urea groups is 1. The highest BCUT2D eigenvalue weighted by Crippen LogP contribution is 2.18. The topological polar surface area (TPSA) is 63.1 Å². The first-order valence-corrected chi connectivity index (χ1v) is 8.66. The van der Waals surface area contributed by atoms with Gasteiger partial charge in [0.05, 0.1) is 6.54 Å². The second kappa shape index (κ2) is 7.11. The van der Waals surface area contributed by atoms with Crippen LogP contribution in [0.5, 0.6) is 0 Å². The average Bonchev–Trinajstić information content (AvgIpc) is 3.06. The van der Waals surface area contributed by atoms with E-state index in [1.165, 1.54) is 32.1 Å². The second-order valence-corrected chi connectivity index (χ2v) is 6.64. The van der Waals surface area contributed by atoms with Gasteiger partial charge in [0.25, 0.3) is 0 Å². The van der Waals surface area contributed by atoms with E-state index in [9.17, 15) is 4.79 Å². The summed E-state index contributed by atoms with van der Waals surface area (Å²) >= 11 is 0. The summed E-state index contributed by atoms with van der Waals surface area (Å²) in [6.45, 7) is 1.52. The van der Waals surface area contributed by atoms with Gasteiger partial charge in [0.15, 0.2) is 5.82 Å². The van der Waals surface area contributed by atoms with Gasteiger partial charge in [-0.15, -0.1) is 10.2 Å². The van der Waals surface area contributed by atoms with Crippen molar-refractivity contribution < 1.29 is 4.79 Å². The summed E-state index contributed by atoms with van der Waals surface area (Å²) in [5.74, 6) is 1.96. The Bertz CT molecular complexity index is 505. The maximum Gasteiger partial charge on any atom is 0.317 e. The number of hydrogen-bond acceptors (Lipinski definition) is 3. The summed E-state index contributed by atoms with van der Waals surface area (Å²) in [6, 6.07) is 0.347. The van der Waals surface area contributed by atoms with Crippen molar-refractivity contribution in [2.45, 2.75) is 76.9 Å². The number of aryl methyl sites for hydroxylation is 1. The van der Waals surface area contributed by atoms with Crippen molar-refractivity contribution in [1.29, 1.82) is 0 Å². The predicted octanol–water partition coefficient (Wildman–Crippen LogP) is 2.48. The molecule has 2 amide bonds. The van der Waals surface area contributed by atoms with Gasteiger partial charge in [-0.2, -0.15) is 0 Å². The summed E-state index contributed by atoms with van der Waals surface area (Å²) in [6.07, 6.45) is 10.8. The van der Waals surface area contributed by atoms with E-state index in [4.69, 9.17) is 0 Å². The molecule has 0 aromatic carbocycles. The monoisotopic (exact) mass is 305 g/mol. The molecule has 1 aliphatic carbocycles. The van der Waals surface area contributed by atoms with Gasteiger partial charge in [0.2, 0.25) is 0 Å². The molecule has 0 saturated heterocycles. The molecule has 0 bridgehead atoms. The molecule has 1 fully saturated rings. The van der Waals surface area contributed by atoms with Gasteiger partial charge >= 0.3 is 6.03 Å². The molecule has 122 valence electrons. The number of carbonyl (C=O) groups excluding carboxylic acids is 1. The third kappa shape index (κ3) is 3.59. The summed E-state index contributed by atoms with van der Waals surface area (Å²) in [7, 11) is 1.84. The van der Waals surface area contributed by atoms with E-state index in [1.807, 2.05) is 7.05 Å². The minimum absolute atomic E-state index is 0.0147. The molecular weight excluding hydrogens is 278 g/mol. The number of amides is 2. The normalized spacial score (nSPS) is 19.3. The lowest BCUT2D eigenvalue weighted by molar-refractivity contribution is 0.198. The molecule has 0 spiro atoms. The molecule has 1 aromatic rings. The van der Waals surface area contributed by atoms with Gasteiger partial charge in [-0.05, 0) is 19.3 Å². The van der Waals surface area contributed by atoms with Crippen LogP contribution in [0.2, 0.25) is 0 Å². The third-order valence-electron chi connectivity index (χ3n) is 4.84. The zero-order chi connectivity index (χ0) is 15.4. The largest absolute Gasteiger partial charge is 0.335 e. The molecule has 3 rings (SSSR count). The Morgan fingerprint density at radius 1 is 1.18 bits per heavy atom. The lowest BCUT2D eigenvalue weighted by atomic mass is 9.97. The quantitative estimate of drug-likeness (QED) is 0.933. The van der Waals surface area contributed by atoms with Gasteiger partial charge < -0.3 is 14.8 Å². The van der Waals surface area contributed by atoms with E-state index in [1.54, 1.807) is 4.90 Å². The van der Waals surface area contributed by atoms with Crippen LogP contribution < -0.4 is 5.32 Å². The molecule has 0 unspecified atom stereocenters. The number of carbonyl (C=O) groups is 1. The van der Waals surface area contributed by atoms with Gasteiger partial charge in [-0.1, -0.05) is 32.1 Å². The molecule has 1 saturated carbocycles. The molecule has 6 heteroatoms. The zero-order valence-corrected chi connectivity index (χ0v) is 13.6. The van der Waals surface area contributed by atoms with Gasteiger partial charge in [0.1, 0.15) is 5.82 Å². The number of hydrogen-bond donors (Lipinski definition) is 1. The molecule has 1 aromatic heterocycles. The summed E-state index contributed by atoms with van der Waals surface area (Å²) < 4.78 is 2.15. The van der Waals surface area contributed by atoms with Gasteiger partial charge in [-0.3, -0.25) is 0 Å². The Kier molecular flexibility index (Phi) is 4.95. The molecular formula is C16H27N5O. The van der Waals surface area contributed by atoms with E-state index in [0.717, 1.165) is 43.9 Å². The molecule has 0 atom stereocenters. The highest BCUT2D eigenvalue weighted by molar-refractivity contribution is 5.74. The summed E-state index contributed by atoms with van der Waals surface area (Å²) in [4.78, 5) is 14.1. The fraction of sp³-hybridized carbons (Fsp3) is 0.812. The Labute approximate surface area is 132 Å². The van der Waals surface area contributed by atoms with Crippen LogP contribution in [0.3, 0.4) is 0 Å². The number of nitrogens with zero attached hydrogens (tertiary/aromatic N) is 4. The Morgan fingerprint density at radius 3 is 2.68 bits per heavy atom. The second-order valence-electron chi connectivity index (χ2n) is 6.64. The lowest BCUT2D eigenvalue weighted by Crippen LogP contribution is -2.43. The van der Waals surface area contributed by atoms with Crippen LogP contribution in [0, 0.1) is 0 Å². The van der Waals surface area contributed by atoms with Crippen LogP contribution in [-0.4, -0.2) is 38.8 Å². The van der Waals surface area contributed by atoms with Crippen LogP contribution in [0.15, 0.2) is 0 Å². The molecule has 22 heavy (non-hydrogen) atoms. The smallest absolute Gasteiger partial charge is 0.317 e. The van der Waals surface area contributed by atoms with Crippen LogP contribution in [0.4, 0.5) is 4.79 Å². The van der Waals surface area contributed by atoms with Crippen molar-refractivity contribution in [3.05, 3.63) is 11.6 Å². The van der Waals surface area contributed by atoms with E-state index < -0.39 is 0 Å². The van der Waals surface area contributed by atoms with Crippen molar-refractivity contribution in [3.63, 3.8) is 0 Å². The van der Waals surface area contributed by atoms with Gasteiger partial charge in [0, 0.05) is 26.1 Å². The zero-order valence-electron chi connectivity index (χ0n) is 13.6. The fourth-order valence-electron chi connectivity index (χ4n) is 3.50. The lowest BCUT2D eigenvalue weighted by Gasteiger charge is -2.24. The van der Waals surface area contributed by atoms with Crippen LogP contribution >= 0.6 is 0 Å². The third-order valence-corrected chi connectivity index (χ3v) is 4.84. The van der Waals surface area contributed by atoms with Crippen molar-refractivity contribution in [2.75, 3.05) is 7.05 Å². The first-order chi connectivity index (χ1) is 10.7. The van der Waals surface area contributed by atoms with E-state index in [-0.39, 0.29) is 6.03 Å². The molecule has 0 radical (unpaired) electrons. The first-order valence-electron chi connectivity index (χ1n) is 8.66. The highest BCUT2D eigenvalue weighted by atomic mass is 16.2. The SMILES string of the molecule is CN(Cc1nnc2n1CCC2)C(=O)NC1CCCCCCC1. The molecule has 2 heterocycles. The molecule has 2 aliphatic rings. The Morgan fingerprint density at radius 2 is 1.91 bits per heavy atom. The first kappa shape index (κ1) is 15.3. The van der Waals surface area contributed by atoms with Crippen molar-refractivity contribution in [2.24, 2.45) is 0 Å². The standard InChI is InChI=1S/C16H27N5O/c1-20(12-15-19-18-14-10-7-11-21(14)15)16(22)17-13-8-5-3-2-4-6-9-13/h13H,2-12H2,1H3,(H,17,22). The maximum absolute atomic E-state index is 12.4. The number of rotatable bonds is 3. The molecule has 1 aliphatic heterocycles. The Hall–Kier alpha value is -1.59. The van der Waals surface area contributed by atoms with Crippen molar-refractivity contribution in [1.82, 2.24) is 25.0 Å². The summed E-state index contributed by atoms with van der Waals surface area (Å²) in [5, 5.41) is 11.6. The van der Waals surface area contributed by atoms with Crippen molar-refractivity contribution in [3.8, 4) is 0 Å². The average molecular weight is 305 g/mol. The van der Waals surface area contributed by atoms with Crippen molar-refractivity contribution >= 4 is 6.03 Å². The Balaban J connectivity index is 1.52. The minimum atomic E-state index is 0.0147. The van der Waals surface area contributed by atoms with Crippen LogP contribution in [0.1, 0.15) is 63.0 Å². The predicted molar refractivity (Wildman–Crippen MR) is 84.4 cm³/mol. The van der Waals surface area contributed by atoms with Gasteiger partial charge in [-0.25, -0.2) is 4.79 Å². The van der Waals surface area contributed by atoms with Crippen LogP contribution in [-0.2, 0) is 19.5 Å². The maximum atomic E-state index is 12.4. The van der Waals surface area contributed by atoms with E-state index in [0.29, 0.717) is 12.6 Å². The minimum Gasteiger partial charge on any atom is -0.335 e. The molecule has 1 N–H and O–H groups in total. The van der Waals surface area contributed by atoms with E-state index >= 15 is 0 Å². The number of aromatic nitrogens is 3. The number of fused-ring (bicyclic) bond motifs is 1. The fourth-order valence-corrected chi connectivity index (χ4v) is 3.50. The molecule has 6 nitrogen and oxygen atoms in total.